The molecule has 0 fully saturated rings. The van der Waals surface area contributed by atoms with Crippen molar-refractivity contribution < 1.29 is 9.59 Å². The summed E-state index contributed by atoms with van der Waals surface area (Å²) in [5.74, 6) is -0.418. The van der Waals surface area contributed by atoms with Gasteiger partial charge in [-0.25, -0.2) is 0 Å². The smallest absolute Gasteiger partial charge is 0.255 e. The Kier molecular flexibility index (Phi) is 6.23. The van der Waals surface area contributed by atoms with Gasteiger partial charge in [0.1, 0.15) is 0 Å². The molecule has 0 unspecified atom stereocenters. The molecule has 0 spiro atoms. The van der Waals surface area contributed by atoms with Crippen LogP contribution >= 0.6 is 11.6 Å². The third-order valence-electron chi connectivity index (χ3n) is 4.02. The standard InChI is InChI=1S/C22H19ClN2O2/c23-19-13-12-17(22(27)24-18-9-5-2-6-10-18)15-20(19)25-21(26)14-11-16-7-3-1-4-8-16/h1-10,12-13,15H,11,14H2,(H,24,27)(H,25,26). The number of aryl methyl sites for hydroxylation is 1. The fourth-order valence-electron chi connectivity index (χ4n) is 2.60. The molecule has 5 heteroatoms. The Morgan fingerprint density at radius 2 is 1.48 bits per heavy atom. The molecule has 0 aliphatic rings. The van der Waals surface area contributed by atoms with E-state index in [0.717, 1.165) is 5.56 Å². The van der Waals surface area contributed by atoms with Gasteiger partial charge in [0.15, 0.2) is 0 Å². The molecule has 2 amide bonds. The van der Waals surface area contributed by atoms with E-state index >= 15 is 0 Å². The summed E-state index contributed by atoms with van der Waals surface area (Å²) in [5.41, 5.74) is 2.64. The third-order valence-corrected chi connectivity index (χ3v) is 4.35. The summed E-state index contributed by atoms with van der Waals surface area (Å²) < 4.78 is 0. The van der Waals surface area contributed by atoms with Gasteiger partial charge in [0, 0.05) is 17.7 Å². The predicted molar refractivity (Wildman–Crippen MR) is 109 cm³/mol. The van der Waals surface area contributed by atoms with Crippen molar-refractivity contribution in [3.63, 3.8) is 0 Å². The highest BCUT2D eigenvalue weighted by Gasteiger charge is 2.11. The van der Waals surface area contributed by atoms with Crippen molar-refractivity contribution >= 4 is 34.8 Å². The quantitative estimate of drug-likeness (QED) is 0.622. The molecule has 27 heavy (non-hydrogen) atoms. The van der Waals surface area contributed by atoms with Gasteiger partial charge in [-0.15, -0.1) is 0 Å². The van der Waals surface area contributed by atoms with Gasteiger partial charge in [0.25, 0.3) is 5.91 Å². The van der Waals surface area contributed by atoms with Crippen molar-refractivity contribution in [1.82, 2.24) is 0 Å². The minimum atomic E-state index is -0.266. The molecule has 4 nitrogen and oxygen atoms in total. The van der Waals surface area contributed by atoms with E-state index in [1.165, 1.54) is 0 Å². The highest BCUT2D eigenvalue weighted by Crippen LogP contribution is 2.24. The number of rotatable bonds is 6. The lowest BCUT2D eigenvalue weighted by molar-refractivity contribution is -0.116. The number of para-hydroxylation sites is 1. The van der Waals surface area contributed by atoms with E-state index in [0.29, 0.717) is 34.8 Å². The minimum absolute atomic E-state index is 0.152. The highest BCUT2D eigenvalue weighted by atomic mass is 35.5. The summed E-state index contributed by atoms with van der Waals surface area (Å²) in [6.07, 6.45) is 0.971. The van der Waals surface area contributed by atoms with E-state index in [1.807, 2.05) is 48.5 Å². The average molecular weight is 379 g/mol. The van der Waals surface area contributed by atoms with E-state index in [-0.39, 0.29) is 11.8 Å². The van der Waals surface area contributed by atoms with E-state index in [9.17, 15) is 9.59 Å². The number of hydrogen-bond donors (Lipinski definition) is 2. The Hall–Kier alpha value is -3.11. The second-order valence-electron chi connectivity index (χ2n) is 6.05. The van der Waals surface area contributed by atoms with Crippen LogP contribution in [0.5, 0.6) is 0 Å². The monoisotopic (exact) mass is 378 g/mol. The van der Waals surface area contributed by atoms with E-state index in [1.54, 1.807) is 30.3 Å². The number of carbonyl (C=O) groups excluding carboxylic acids is 2. The van der Waals surface area contributed by atoms with Crippen LogP contribution in [0.2, 0.25) is 5.02 Å². The molecule has 0 aromatic heterocycles. The van der Waals surface area contributed by atoms with Crippen LogP contribution in [-0.4, -0.2) is 11.8 Å². The van der Waals surface area contributed by atoms with Gasteiger partial charge in [-0.1, -0.05) is 60.1 Å². The normalized spacial score (nSPS) is 10.3. The Morgan fingerprint density at radius 1 is 0.815 bits per heavy atom. The summed E-state index contributed by atoms with van der Waals surface area (Å²) in [5, 5.41) is 5.99. The summed E-state index contributed by atoms with van der Waals surface area (Å²) in [4.78, 5) is 24.6. The molecule has 3 rings (SSSR count). The molecule has 3 aromatic carbocycles. The van der Waals surface area contributed by atoms with Gasteiger partial charge < -0.3 is 10.6 Å². The van der Waals surface area contributed by atoms with Gasteiger partial charge in [-0.2, -0.15) is 0 Å². The van der Waals surface area contributed by atoms with Gasteiger partial charge >= 0.3 is 0 Å². The number of benzene rings is 3. The van der Waals surface area contributed by atoms with Crippen LogP contribution in [0.25, 0.3) is 0 Å². The number of amides is 2. The third kappa shape index (κ3) is 5.43. The fraction of sp³-hybridized carbons (Fsp3) is 0.0909. The van der Waals surface area contributed by atoms with Crippen LogP contribution in [-0.2, 0) is 11.2 Å². The van der Waals surface area contributed by atoms with Gasteiger partial charge in [0.05, 0.1) is 10.7 Å². The molecule has 0 radical (unpaired) electrons. The van der Waals surface area contributed by atoms with E-state index < -0.39 is 0 Å². The Labute approximate surface area is 163 Å². The van der Waals surface area contributed by atoms with Crippen LogP contribution in [0.15, 0.2) is 78.9 Å². The van der Waals surface area contributed by atoms with Crippen molar-refractivity contribution in [2.75, 3.05) is 10.6 Å². The molecule has 2 N–H and O–H groups in total. The molecular formula is C22H19ClN2O2. The summed E-state index contributed by atoms with van der Waals surface area (Å²) in [6.45, 7) is 0. The van der Waals surface area contributed by atoms with Crippen LogP contribution in [0, 0.1) is 0 Å². The van der Waals surface area contributed by atoms with Crippen LogP contribution in [0.4, 0.5) is 11.4 Å². The first kappa shape index (κ1) is 18.7. The van der Waals surface area contributed by atoms with Crippen molar-refractivity contribution in [3.8, 4) is 0 Å². The number of carbonyl (C=O) groups is 2. The van der Waals surface area contributed by atoms with E-state index in [4.69, 9.17) is 11.6 Å². The first-order chi connectivity index (χ1) is 13.1. The Balaban J connectivity index is 1.64. The second kappa shape index (κ2) is 9.01. The minimum Gasteiger partial charge on any atom is -0.325 e. The Morgan fingerprint density at radius 3 is 2.19 bits per heavy atom. The molecule has 136 valence electrons. The second-order valence-corrected chi connectivity index (χ2v) is 6.46. The zero-order valence-corrected chi connectivity index (χ0v) is 15.4. The van der Waals surface area contributed by atoms with Crippen molar-refractivity contribution in [2.24, 2.45) is 0 Å². The van der Waals surface area contributed by atoms with Crippen LogP contribution in [0.1, 0.15) is 22.3 Å². The van der Waals surface area contributed by atoms with Crippen molar-refractivity contribution in [3.05, 3.63) is 95.0 Å². The summed E-state index contributed by atoms with van der Waals surface area (Å²) in [7, 11) is 0. The average Bonchev–Trinajstić information content (AvgIpc) is 2.69. The number of nitrogens with one attached hydrogen (secondary N) is 2. The topological polar surface area (TPSA) is 58.2 Å². The molecule has 0 heterocycles. The number of halogens is 1. The fourth-order valence-corrected chi connectivity index (χ4v) is 2.77. The van der Waals surface area contributed by atoms with Crippen molar-refractivity contribution in [1.29, 1.82) is 0 Å². The number of hydrogen-bond acceptors (Lipinski definition) is 2. The molecule has 0 aliphatic heterocycles. The van der Waals surface area contributed by atoms with Gasteiger partial charge in [-0.3, -0.25) is 9.59 Å². The molecule has 0 bridgehead atoms. The lowest BCUT2D eigenvalue weighted by Gasteiger charge is -2.10. The molecule has 0 saturated heterocycles. The van der Waals surface area contributed by atoms with Crippen LogP contribution < -0.4 is 10.6 Å². The van der Waals surface area contributed by atoms with Gasteiger partial charge in [0.2, 0.25) is 5.91 Å². The largest absolute Gasteiger partial charge is 0.325 e. The molecule has 0 atom stereocenters. The maximum Gasteiger partial charge on any atom is 0.255 e. The zero-order chi connectivity index (χ0) is 19.1. The highest BCUT2D eigenvalue weighted by molar-refractivity contribution is 6.34. The SMILES string of the molecule is O=C(CCc1ccccc1)Nc1cc(C(=O)Nc2ccccc2)ccc1Cl. The lowest BCUT2D eigenvalue weighted by Crippen LogP contribution is -2.15. The van der Waals surface area contributed by atoms with Gasteiger partial charge in [-0.05, 0) is 42.3 Å². The zero-order valence-electron chi connectivity index (χ0n) is 14.6. The first-order valence-electron chi connectivity index (χ1n) is 8.61. The Bertz CT molecular complexity index is 928. The van der Waals surface area contributed by atoms with Crippen molar-refractivity contribution in [2.45, 2.75) is 12.8 Å². The van der Waals surface area contributed by atoms with E-state index in [2.05, 4.69) is 10.6 Å². The lowest BCUT2D eigenvalue weighted by atomic mass is 10.1. The molecular weight excluding hydrogens is 360 g/mol. The molecule has 0 saturated carbocycles. The maximum absolute atomic E-state index is 12.4. The molecule has 0 aliphatic carbocycles. The molecule has 3 aromatic rings. The maximum atomic E-state index is 12.4. The predicted octanol–water partition coefficient (Wildman–Crippen LogP) is 5.16. The number of anilines is 2. The first-order valence-corrected chi connectivity index (χ1v) is 8.99. The van der Waals surface area contributed by atoms with Crippen LogP contribution in [0.3, 0.4) is 0 Å². The summed E-state index contributed by atoms with van der Waals surface area (Å²) in [6, 6.07) is 23.8. The summed E-state index contributed by atoms with van der Waals surface area (Å²) >= 11 is 6.18.